The Kier molecular flexibility index (Phi) is 3.87. The highest BCUT2D eigenvalue weighted by Crippen LogP contribution is 2.29. The van der Waals surface area contributed by atoms with Crippen LogP contribution in [0.25, 0.3) is 10.9 Å². The summed E-state index contributed by atoms with van der Waals surface area (Å²) in [6.45, 7) is 2.20. The Morgan fingerprint density at radius 3 is 3.00 bits per heavy atom. The molecule has 1 saturated heterocycles. The third-order valence-electron chi connectivity index (χ3n) is 4.12. The van der Waals surface area contributed by atoms with Crippen LogP contribution in [0.5, 0.6) is 0 Å². The molecule has 0 N–H and O–H groups in total. The minimum absolute atomic E-state index is 0.0631. The Morgan fingerprint density at radius 2 is 2.21 bits per heavy atom. The lowest BCUT2D eigenvalue weighted by Crippen LogP contribution is -2.38. The Hall–Kier alpha value is -2.51. The summed E-state index contributed by atoms with van der Waals surface area (Å²) in [7, 11) is 0. The van der Waals surface area contributed by atoms with E-state index >= 15 is 0 Å². The summed E-state index contributed by atoms with van der Waals surface area (Å²) in [6, 6.07) is 12.7. The second-order valence-electron chi connectivity index (χ2n) is 5.62. The third kappa shape index (κ3) is 2.83. The zero-order chi connectivity index (χ0) is 16.5. The summed E-state index contributed by atoms with van der Waals surface area (Å²) in [5.41, 5.74) is 0.846. The molecule has 1 atom stereocenters. The van der Waals surface area contributed by atoms with Gasteiger partial charge in [0.05, 0.1) is 23.6 Å². The number of nitro groups is 1. The van der Waals surface area contributed by atoms with Crippen LogP contribution >= 0.6 is 11.3 Å². The second-order valence-corrected chi connectivity index (χ2v) is 6.60. The molecule has 2 aromatic heterocycles. The van der Waals surface area contributed by atoms with Gasteiger partial charge in [-0.2, -0.15) is 0 Å². The van der Waals surface area contributed by atoms with Crippen LogP contribution in [0, 0.1) is 10.1 Å². The van der Waals surface area contributed by atoms with E-state index in [0.717, 1.165) is 29.8 Å². The van der Waals surface area contributed by atoms with Crippen molar-refractivity contribution < 1.29 is 9.66 Å². The molecular formula is C17H15N3O3S. The number of non-ortho nitro benzene ring substituents is 1. The van der Waals surface area contributed by atoms with Crippen molar-refractivity contribution in [3.63, 3.8) is 0 Å². The highest BCUT2D eigenvalue weighted by Gasteiger charge is 2.23. The fraction of sp³-hybridized carbons (Fsp3) is 0.235. The molecule has 0 bridgehead atoms. The average molecular weight is 341 g/mol. The van der Waals surface area contributed by atoms with Crippen molar-refractivity contribution in [3.05, 3.63) is 62.8 Å². The van der Waals surface area contributed by atoms with E-state index < -0.39 is 0 Å². The molecule has 0 radical (unpaired) electrons. The molecule has 1 aromatic carbocycles. The van der Waals surface area contributed by atoms with Crippen molar-refractivity contribution in [2.75, 3.05) is 24.6 Å². The van der Waals surface area contributed by atoms with Crippen LogP contribution in [0.1, 0.15) is 11.0 Å². The number of pyridine rings is 1. The standard InChI is InChI=1S/C17H15N3O3S/c21-20(22)13-4-5-14-12(10-13)3-6-17(18-14)19-7-8-23-15(11-19)16-2-1-9-24-16/h1-6,9-10,15H,7-8,11H2. The van der Waals surface area contributed by atoms with Crippen molar-refractivity contribution in [2.24, 2.45) is 0 Å². The molecule has 0 saturated carbocycles. The first-order valence-corrected chi connectivity index (χ1v) is 8.54. The summed E-state index contributed by atoms with van der Waals surface area (Å²) in [5, 5.41) is 13.7. The Morgan fingerprint density at radius 1 is 1.29 bits per heavy atom. The SMILES string of the molecule is O=[N+]([O-])c1ccc2nc(N3CCOC(c4cccs4)C3)ccc2c1. The van der Waals surface area contributed by atoms with E-state index in [1.54, 1.807) is 23.5 Å². The van der Waals surface area contributed by atoms with Crippen LogP contribution in [0.15, 0.2) is 47.8 Å². The number of hydrogen-bond acceptors (Lipinski definition) is 6. The predicted molar refractivity (Wildman–Crippen MR) is 93.6 cm³/mol. The van der Waals surface area contributed by atoms with Crippen LogP contribution in [0.2, 0.25) is 0 Å². The number of nitrogens with zero attached hydrogens (tertiary/aromatic N) is 3. The number of rotatable bonds is 3. The van der Waals surface area contributed by atoms with E-state index in [2.05, 4.69) is 21.3 Å². The lowest BCUT2D eigenvalue weighted by atomic mass is 10.2. The number of morpholine rings is 1. The van der Waals surface area contributed by atoms with Gasteiger partial charge in [0.1, 0.15) is 11.9 Å². The van der Waals surface area contributed by atoms with Gasteiger partial charge in [-0.05, 0) is 29.6 Å². The van der Waals surface area contributed by atoms with Gasteiger partial charge in [0.25, 0.3) is 5.69 Å². The summed E-state index contributed by atoms with van der Waals surface area (Å²) >= 11 is 1.70. The average Bonchev–Trinajstić information content (AvgIpc) is 3.15. The van der Waals surface area contributed by atoms with Crippen LogP contribution in [0.3, 0.4) is 0 Å². The maximum atomic E-state index is 10.9. The molecule has 0 spiro atoms. The molecular weight excluding hydrogens is 326 g/mol. The minimum atomic E-state index is -0.388. The first kappa shape index (κ1) is 15.0. The second kappa shape index (κ2) is 6.18. The fourth-order valence-electron chi connectivity index (χ4n) is 2.90. The monoisotopic (exact) mass is 341 g/mol. The number of nitro benzene ring substituents is 1. The lowest BCUT2D eigenvalue weighted by molar-refractivity contribution is -0.384. The minimum Gasteiger partial charge on any atom is -0.369 e. The van der Waals surface area contributed by atoms with Crippen molar-refractivity contribution in [2.45, 2.75) is 6.10 Å². The lowest BCUT2D eigenvalue weighted by Gasteiger charge is -2.33. The smallest absolute Gasteiger partial charge is 0.270 e. The number of anilines is 1. The Labute approximate surface area is 142 Å². The molecule has 0 amide bonds. The number of fused-ring (bicyclic) bond motifs is 1. The number of aromatic nitrogens is 1. The van der Waals surface area contributed by atoms with Crippen LogP contribution in [-0.4, -0.2) is 29.6 Å². The zero-order valence-corrected chi connectivity index (χ0v) is 13.6. The quantitative estimate of drug-likeness (QED) is 0.536. The molecule has 7 heteroatoms. The van der Waals surface area contributed by atoms with E-state index in [9.17, 15) is 10.1 Å². The molecule has 1 aliphatic rings. The van der Waals surface area contributed by atoms with E-state index in [1.807, 2.05) is 18.2 Å². The molecule has 6 nitrogen and oxygen atoms in total. The van der Waals surface area contributed by atoms with Crippen molar-refractivity contribution in [1.29, 1.82) is 0 Å². The van der Waals surface area contributed by atoms with Gasteiger partial charge < -0.3 is 9.64 Å². The van der Waals surface area contributed by atoms with Gasteiger partial charge in [0.15, 0.2) is 0 Å². The highest BCUT2D eigenvalue weighted by molar-refractivity contribution is 7.10. The summed E-state index contributed by atoms with van der Waals surface area (Å²) in [4.78, 5) is 18.6. The van der Waals surface area contributed by atoms with Crippen molar-refractivity contribution >= 4 is 33.7 Å². The Balaban J connectivity index is 1.61. The molecule has 1 aliphatic heterocycles. The van der Waals surface area contributed by atoms with Crippen LogP contribution in [-0.2, 0) is 4.74 Å². The first-order chi connectivity index (χ1) is 11.7. The van der Waals surface area contributed by atoms with E-state index in [0.29, 0.717) is 6.61 Å². The molecule has 3 heterocycles. The van der Waals surface area contributed by atoms with Crippen molar-refractivity contribution in [3.8, 4) is 0 Å². The normalized spacial score (nSPS) is 18.0. The fourth-order valence-corrected chi connectivity index (χ4v) is 3.66. The third-order valence-corrected chi connectivity index (χ3v) is 5.08. The van der Waals surface area contributed by atoms with Gasteiger partial charge in [-0.15, -0.1) is 11.3 Å². The van der Waals surface area contributed by atoms with E-state index in [1.165, 1.54) is 10.9 Å². The number of thiophene rings is 1. The molecule has 0 aliphatic carbocycles. The maximum absolute atomic E-state index is 10.9. The number of hydrogen-bond donors (Lipinski definition) is 0. The first-order valence-electron chi connectivity index (χ1n) is 7.66. The topological polar surface area (TPSA) is 68.5 Å². The van der Waals surface area contributed by atoms with Gasteiger partial charge >= 0.3 is 0 Å². The number of benzene rings is 1. The predicted octanol–water partition coefficient (Wildman–Crippen LogP) is 3.78. The summed E-state index contributed by atoms with van der Waals surface area (Å²) in [5.74, 6) is 0.876. The molecule has 24 heavy (non-hydrogen) atoms. The molecule has 3 aromatic rings. The zero-order valence-electron chi connectivity index (χ0n) is 12.8. The molecule has 1 fully saturated rings. The molecule has 122 valence electrons. The van der Waals surface area contributed by atoms with Gasteiger partial charge in [0, 0.05) is 28.9 Å². The van der Waals surface area contributed by atoms with E-state index in [4.69, 9.17) is 4.74 Å². The van der Waals surface area contributed by atoms with Crippen LogP contribution in [0.4, 0.5) is 11.5 Å². The molecule has 1 unspecified atom stereocenters. The van der Waals surface area contributed by atoms with Gasteiger partial charge in [0.2, 0.25) is 0 Å². The van der Waals surface area contributed by atoms with Gasteiger partial charge in [-0.3, -0.25) is 10.1 Å². The molecule has 4 rings (SSSR count). The Bertz CT molecular complexity index is 882. The van der Waals surface area contributed by atoms with E-state index in [-0.39, 0.29) is 16.7 Å². The van der Waals surface area contributed by atoms with Gasteiger partial charge in [-0.1, -0.05) is 6.07 Å². The summed E-state index contributed by atoms with van der Waals surface area (Å²) in [6.07, 6.45) is 0.0631. The highest BCUT2D eigenvalue weighted by atomic mass is 32.1. The summed E-state index contributed by atoms with van der Waals surface area (Å²) < 4.78 is 5.87. The van der Waals surface area contributed by atoms with Gasteiger partial charge in [-0.25, -0.2) is 4.98 Å². The van der Waals surface area contributed by atoms with Crippen molar-refractivity contribution in [1.82, 2.24) is 4.98 Å². The van der Waals surface area contributed by atoms with Crippen LogP contribution < -0.4 is 4.90 Å². The number of ether oxygens (including phenoxy) is 1. The maximum Gasteiger partial charge on any atom is 0.270 e. The largest absolute Gasteiger partial charge is 0.369 e.